The number of esters is 1. The zero-order valence-corrected chi connectivity index (χ0v) is 17.3. The van der Waals surface area contributed by atoms with Crippen LogP contribution in [-0.4, -0.2) is 18.1 Å². The number of rotatable bonds is 11. The molecule has 2 aromatic carbocycles. The van der Waals surface area contributed by atoms with Gasteiger partial charge in [-0.1, -0.05) is 56.7 Å². The minimum Gasteiger partial charge on any atom is -0.423 e. The van der Waals surface area contributed by atoms with Gasteiger partial charge in [0.2, 0.25) is 5.91 Å². The van der Waals surface area contributed by atoms with E-state index in [0.717, 1.165) is 24.0 Å². The average molecular weight is 395 g/mol. The maximum atomic E-state index is 12.2. The first kappa shape index (κ1) is 22.3. The molecule has 5 heteroatoms. The summed E-state index contributed by atoms with van der Waals surface area (Å²) < 4.78 is 5.38. The standard InChI is InChI=1S/C24H30N2O3/c1-3-4-5-6-7-8-12-23(27)26-25-18-20-13-15-22(16-14-20)29-24(28)21-11-9-10-19(2)17-21/h9-11,13-18H,3-8,12H2,1-2H3,(H,26,27)/b25-18+. The highest BCUT2D eigenvalue weighted by Gasteiger charge is 2.08. The van der Waals surface area contributed by atoms with Crippen LogP contribution in [0.15, 0.2) is 53.6 Å². The lowest BCUT2D eigenvalue weighted by atomic mass is 10.1. The Kier molecular flexibility index (Phi) is 9.63. The SMILES string of the molecule is CCCCCCCCC(=O)N/N=C/c1ccc(OC(=O)c2cccc(C)c2)cc1. The predicted molar refractivity (Wildman–Crippen MR) is 116 cm³/mol. The van der Waals surface area contributed by atoms with E-state index in [1.807, 2.05) is 19.1 Å². The lowest BCUT2D eigenvalue weighted by molar-refractivity contribution is -0.121. The third kappa shape index (κ3) is 8.73. The molecule has 0 radical (unpaired) electrons. The summed E-state index contributed by atoms with van der Waals surface area (Å²) in [6.07, 6.45) is 8.97. The van der Waals surface area contributed by atoms with E-state index in [9.17, 15) is 9.59 Å². The highest BCUT2D eigenvalue weighted by atomic mass is 16.5. The van der Waals surface area contributed by atoms with Crippen LogP contribution >= 0.6 is 0 Å². The van der Waals surface area contributed by atoms with E-state index in [1.54, 1.807) is 42.6 Å². The number of hydrogen-bond donors (Lipinski definition) is 1. The highest BCUT2D eigenvalue weighted by Crippen LogP contribution is 2.14. The van der Waals surface area contributed by atoms with Gasteiger partial charge in [-0.15, -0.1) is 0 Å². The summed E-state index contributed by atoms with van der Waals surface area (Å²) in [6, 6.07) is 14.2. The van der Waals surface area contributed by atoms with Crippen LogP contribution in [0.1, 0.15) is 73.4 Å². The molecule has 0 aliphatic rings. The van der Waals surface area contributed by atoms with Gasteiger partial charge in [0, 0.05) is 6.42 Å². The minimum absolute atomic E-state index is 0.0690. The first-order valence-electron chi connectivity index (χ1n) is 10.3. The summed E-state index contributed by atoms with van der Waals surface area (Å²) in [7, 11) is 0. The molecule has 0 saturated carbocycles. The third-order valence-electron chi connectivity index (χ3n) is 4.50. The maximum Gasteiger partial charge on any atom is 0.343 e. The normalized spacial score (nSPS) is 10.8. The molecular weight excluding hydrogens is 364 g/mol. The van der Waals surface area contributed by atoms with Gasteiger partial charge in [-0.25, -0.2) is 10.2 Å². The molecule has 1 N–H and O–H groups in total. The smallest absolute Gasteiger partial charge is 0.343 e. The molecule has 2 rings (SSSR count). The molecule has 5 nitrogen and oxygen atoms in total. The summed E-state index contributed by atoms with van der Waals surface area (Å²) in [5.41, 5.74) is 4.88. The molecule has 0 bridgehead atoms. The van der Waals surface area contributed by atoms with Crippen molar-refractivity contribution in [2.45, 2.75) is 58.8 Å². The van der Waals surface area contributed by atoms with Gasteiger partial charge >= 0.3 is 5.97 Å². The third-order valence-corrected chi connectivity index (χ3v) is 4.50. The van der Waals surface area contributed by atoms with E-state index in [0.29, 0.717) is 17.7 Å². The van der Waals surface area contributed by atoms with Crippen molar-refractivity contribution in [1.29, 1.82) is 0 Å². The Morgan fingerprint density at radius 1 is 1.00 bits per heavy atom. The van der Waals surface area contributed by atoms with Crippen LogP contribution in [0.5, 0.6) is 5.75 Å². The second-order valence-corrected chi connectivity index (χ2v) is 7.14. The Morgan fingerprint density at radius 2 is 1.72 bits per heavy atom. The van der Waals surface area contributed by atoms with Crippen molar-refractivity contribution in [1.82, 2.24) is 5.43 Å². The van der Waals surface area contributed by atoms with Crippen molar-refractivity contribution in [3.8, 4) is 5.75 Å². The van der Waals surface area contributed by atoms with Crippen LogP contribution in [0.3, 0.4) is 0 Å². The number of aryl methyl sites for hydroxylation is 1. The Morgan fingerprint density at radius 3 is 2.45 bits per heavy atom. The Balaban J connectivity index is 1.72. The number of hydrogen-bond acceptors (Lipinski definition) is 4. The van der Waals surface area contributed by atoms with Crippen LogP contribution in [0.25, 0.3) is 0 Å². The number of hydrazone groups is 1. The minimum atomic E-state index is -0.392. The molecule has 0 aliphatic heterocycles. The summed E-state index contributed by atoms with van der Waals surface area (Å²) in [6.45, 7) is 4.12. The number of ether oxygens (including phenoxy) is 1. The summed E-state index contributed by atoms with van der Waals surface area (Å²) in [4.78, 5) is 23.9. The molecule has 0 aliphatic carbocycles. The van der Waals surface area contributed by atoms with Crippen LogP contribution in [0.4, 0.5) is 0 Å². The summed E-state index contributed by atoms with van der Waals surface area (Å²) >= 11 is 0. The van der Waals surface area contributed by atoms with Gasteiger partial charge in [0.1, 0.15) is 5.75 Å². The topological polar surface area (TPSA) is 67.8 Å². The lowest BCUT2D eigenvalue weighted by Crippen LogP contribution is -2.16. The van der Waals surface area contributed by atoms with Gasteiger partial charge in [0.05, 0.1) is 11.8 Å². The molecule has 2 aromatic rings. The lowest BCUT2D eigenvalue weighted by Gasteiger charge is -2.05. The van der Waals surface area contributed by atoms with Gasteiger partial charge in [-0.3, -0.25) is 4.79 Å². The zero-order chi connectivity index (χ0) is 20.9. The molecule has 0 unspecified atom stereocenters. The Bertz CT molecular complexity index is 813. The van der Waals surface area contributed by atoms with Crippen LogP contribution in [0.2, 0.25) is 0 Å². The van der Waals surface area contributed by atoms with E-state index >= 15 is 0 Å². The average Bonchev–Trinajstić information content (AvgIpc) is 2.72. The molecule has 154 valence electrons. The number of carbonyl (C=O) groups excluding carboxylic acids is 2. The number of nitrogens with one attached hydrogen (secondary N) is 1. The fraction of sp³-hybridized carbons (Fsp3) is 0.375. The molecule has 29 heavy (non-hydrogen) atoms. The van der Waals surface area contributed by atoms with E-state index in [2.05, 4.69) is 17.5 Å². The van der Waals surface area contributed by atoms with Gasteiger partial charge < -0.3 is 4.74 Å². The molecule has 0 aromatic heterocycles. The van der Waals surface area contributed by atoms with Crippen molar-refractivity contribution in [3.63, 3.8) is 0 Å². The first-order valence-corrected chi connectivity index (χ1v) is 10.3. The van der Waals surface area contributed by atoms with Crippen molar-refractivity contribution in [3.05, 3.63) is 65.2 Å². The van der Waals surface area contributed by atoms with Crippen molar-refractivity contribution < 1.29 is 14.3 Å². The monoisotopic (exact) mass is 394 g/mol. The fourth-order valence-electron chi connectivity index (χ4n) is 2.86. The number of carbonyl (C=O) groups is 2. The van der Waals surface area contributed by atoms with Crippen LogP contribution in [0, 0.1) is 6.92 Å². The first-order chi connectivity index (χ1) is 14.1. The van der Waals surface area contributed by atoms with Crippen molar-refractivity contribution in [2.75, 3.05) is 0 Å². The molecule has 0 heterocycles. The number of unbranched alkanes of at least 4 members (excludes halogenated alkanes) is 5. The van der Waals surface area contributed by atoms with Gasteiger partial charge in [0.15, 0.2) is 0 Å². The van der Waals surface area contributed by atoms with E-state index in [-0.39, 0.29) is 5.91 Å². The molecule has 0 atom stereocenters. The summed E-state index contributed by atoms with van der Waals surface area (Å²) in [5, 5.41) is 3.99. The number of benzene rings is 2. The molecule has 0 saturated heterocycles. The largest absolute Gasteiger partial charge is 0.423 e. The zero-order valence-electron chi connectivity index (χ0n) is 17.3. The fourth-order valence-corrected chi connectivity index (χ4v) is 2.86. The van der Waals surface area contributed by atoms with E-state index in [4.69, 9.17) is 4.74 Å². The predicted octanol–water partition coefficient (Wildman–Crippen LogP) is 5.41. The van der Waals surface area contributed by atoms with E-state index in [1.165, 1.54) is 25.7 Å². The van der Waals surface area contributed by atoms with Gasteiger partial charge in [-0.05, 0) is 55.3 Å². The molecular formula is C24H30N2O3. The van der Waals surface area contributed by atoms with Crippen molar-refractivity contribution >= 4 is 18.1 Å². The highest BCUT2D eigenvalue weighted by molar-refractivity contribution is 5.91. The maximum absolute atomic E-state index is 12.2. The number of amides is 1. The van der Waals surface area contributed by atoms with Crippen molar-refractivity contribution in [2.24, 2.45) is 5.10 Å². The van der Waals surface area contributed by atoms with Gasteiger partial charge in [0.25, 0.3) is 0 Å². The number of nitrogens with zero attached hydrogens (tertiary/aromatic N) is 1. The Labute approximate surface area is 173 Å². The molecule has 0 spiro atoms. The second-order valence-electron chi connectivity index (χ2n) is 7.14. The van der Waals surface area contributed by atoms with Crippen LogP contribution < -0.4 is 10.2 Å². The quantitative estimate of drug-likeness (QED) is 0.182. The molecule has 0 fully saturated rings. The Hall–Kier alpha value is -2.95. The van der Waals surface area contributed by atoms with Gasteiger partial charge in [-0.2, -0.15) is 5.10 Å². The summed E-state index contributed by atoms with van der Waals surface area (Å²) in [5.74, 6) is -0.00159. The molecule has 1 amide bonds. The van der Waals surface area contributed by atoms with Crippen LogP contribution in [-0.2, 0) is 4.79 Å². The van der Waals surface area contributed by atoms with E-state index < -0.39 is 5.97 Å². The second kappa shape index (κ2) is 12.5.